The molecule has 0 amide bonds. The van der Waals surface area contributed by atoms with E-state index in [0.717, 1.165) is 25.9 Å². The van der Waals surface area contributed by atoms with Gasteiger partial charge in [-0.25, -0.2) is 0 Å². The number of aryl methyl sites for hydroxylation is 2. The molecule has 0 aliphatic rings. The van der Waals surface area contributed by atoms with Crippen molar-refractivity contribution in [2.45, 2.75) is 52.5 Å². The number of nitrogens with one attached hydrogen (secondary N) is 1. The number of benzene rings is 1. The predicted molar refractivity (Wildman–Crippen MR) is 81.3 cm³/mol. The molecule has 102 valence electrons. The maximum atomic E-state index is 6.41. The fourth-order valence-electron chi connectivity index (χ4n) is 2.23. The molecule has 0 radical (unpaired) electrons. The van der Waals surface area contributed by atoms with Crippen molar-refractivity contribution in [2.75, 3.05) is 6.54 Å². The standard InChI is InChI=1S/C16H26ClN/c1-5-15(6-2)16(17)11-18-10-14-8-7-12(3)13(4)9-14/h7-9,15-16,18H,5-6,10-11H2,1-4H3. The van der Waals surface area contributed by atoms with Gasteiger partial charge in [0.05, 0.1) is 0 Å². The molecule has 2 heteroatoms. The minimum absolute atomic E-state index is 0.242. The van der Waals surface area contributed by atoms with Crippen molar-refractivity contribution in [2.24, 2.45) is 5.92 Å². The van der Waals surface area contributed by atoms with E-state index in [2.05, 4.69) is 51.2 Å². The zero-order chi connectivity index (χ0) is 13.5. The zero-order valence-electron chi connectivity index (χ0n) is 12.1. The Labute approximate surface area is 117 Å². The maximum Gasteiger partial charge on any atom is 0.0488 e. The van der Waals surface area contributed by atoms with Gasteiger partial charge in [-0.2, -0.15) is 0 Å². The van der Waals surface area contributed by atoms with Gasteiger partial charge >= 0.3 is 0 Å². The Morgan fingerprint density at radius 3 is 2.33 bits per heavy atom. The van der Waals surface area contributed by atoms with Gasteiger partial charge in [-0.05, 0) is 36.5 Å². The van der Waals surface area contributed by atoms with Crippen LogP contribution in [0.5, 0.6) is 0 Å². The van der Waals surface area contributed by atoms with Crippen LogP contribution in [0.2, 0.25) is 0 Å². The molecule has 1 nitrogen and oxygen atoms in total. The highest BCUT2D eigenvalue weighted by molar-refractivity contribution is 6.21. The molecule has 1 unspecified atom stereocenters. The van der Waals surface area contributed by atoms with Gasteiger partial charge in [-0.15, -0.1) is 11.6 Å². The second kappa shape index (κ2) is 7.81. The van der Waals surface area contributed by atoms with E-state index >= 15 is 0 Å². The average molecular weight is 268 g/mol. The number of hydrogen-bond acceptors (Lipinski definition) is 1. The third-order valence-corrected chi connectivity index (χ3v) is 4.31. The summed E-state index contributed by atoms with van der Waals surface area (Å²) >= 11 is 6.41. The smallest absolute Gasteiger partial charge is 0.0488 e. The van der Waals surface area contributed by atoms with E-state index in [-0.39, 0.29) is 5.38 Å². The Morgan fingerprint density at radius 2 is 1.78 bits per heavy atom. The zero-order valence-corrected chi connectivity index (χ0v) is 12.8. The van der Waals surface area contributed by atoms with Crippen LogP contribution < -0.4 is 5.32 Å². The van der Waals surface area contributed by atoms with Gasteiger partial charge in [-0.3, -0.25) is 0 Å². The first-order valence-electron chi connectivity index (χ1n) is 6.99. The Bertz CT molecular complexity index is 358. The number of rotatable bonds is 7. The SMILES string of the molecule is CCC(CC)C(Cl)CNCc1ccc(C)c(C)c1. The lowest BCUT2D eigenvalue weighted by atomic mass is 9.99. The van der Waals surface area contributed by atoms with Crippen molar-refractivity contribution in [1.82, 2.24) is 5.32 Å². The van der Waals surface area contributed by atoms with E-state index in [0.29, 0.717) is 5.92 Å². The maximum absolute atomic E-state index is 6.41. The van der Waals surface area contributed by atoms with E-state index < -0.39 is 0 Å². The van der Waals surface area contributed by atoms with Crippen molar-refractivity contribution in [3.8, 4) is 0 Å². The van der Waals surface area contributed by atoms with Crippen LogP contribution in [0, 0.1) is 19.8 Å². The fourth-order valence-corrected chi connectivity index (χ4v) is 2.70. The van der Waals surface area contributed by atoms with Crippen LogP contribution in [-0.4, -0.2) is 11.9 Å². The van der Waals surface area contributed by atoms with E-state index in [1.54, 1.807) is 0 Å². The summed E-state index contributed by atoms with van der Waals surface area (Å²) in [6, 6.07) is 6.63. The molecule has 1 aromatic rings. The van der Waals surface area contributed by atoms with E-state index in [9.17, 15) is 0 Å². The molecule has 1 atom stereocenters. The highest BCUT2D eigenvalue weighted by Crippen LogP contribution is 2.18. The lowest BCUT2D eigenvalue weighted by molar-refractivity contribution is 0.446. The summed E-state index contributed by atoms with van der Waals surface area (Å²) in [4.78, 5) is 0. The molecule has 0 saturated heterocycles. The highest BCUT2D eigenvalue weighted by atomic mass is 35.5. The minimum Gasteiger partial charge on any atom is -0.311 e. The summed E-state index contributed by atoms with van der Waals surface area (Å²) in [5.74, 6) is 0.624. The Hall–Kier alpha value is -0.530. The molecule has 1 rings (SSSR count). The van der Waals surface area contributed by atoms with Gasteiger partial charge in [0.1, 0.15) is 0 Å². The molecular weight excluding hydrogens is 242 g/mol. The first-order valence-corrected chi connectivity index (χ1v) is 7.43. The van der Waals surface area contributed by atoms with Gasteiger partial charge < -0.3 is 5.32 Å². The van der Waals surface area contributed by atoms with E-state index in [4.69, 9.17) is 11.6 Å². The second-order valence-electron chi connectivity index (χ2n) is 5.14. The minimum atomic E-state index is 0.242. The molecule has 0 saturated carbocycles. The van der Waals surface area contributed by atoms with Gasteiger partial charge in [0.25, 0.3) is 0 Å². The number of halogens is 1. The van der Waals surface area contributed by atoms with Crippen LogP contribution in [0.25, 0.3) is 0 Å². The van der Waals surface area contributed by atoms with Crippen molar-refractivity contribution >= 4 is 11.6 Å². The van der Waals surface area contributed by atoms with Crippen LogP contribution in [0.4, 0.5) is 0 Å². The molecule has 0 aliphatic carbocycles. The summed E-state index contributed by atoms with van der Waals surface area (Å²) in [6.07, 6.45) is 2.33. The first kappa shape index (κ1) is 15.5. The molecule has 1 aromatic carbocycles. The van der Waals surface area contributed by atoms with Gasteiger partial charge in [0.2, 0.25) is 0 Å². The monoisotopic (exact) mass is 267 g/mol. The Balaban J connectivity index is 2.39. The highest BCUT2D eigenvalue weighted by Gasteiger charge is 2.14. The molecule has 18 heavy (non-hydrogen) atoms. The topological polar surface area (TPSA) is 12.0 Å². The molecule has 0 heterocycles. The van der Waals surface area contributed by atoms with E-state index in [1.165, 1.54) is 16.7 Å². The molecule has 0 bridgehead atoms. The Kier molecular flexibility index (Phi) is 6.73. The van der Waals surface area contributed by atoms with Crippen LogP contribution in [0.1, 0.15) is 43.4 Å². The lowest BCUT2D eigenvalue weighted by Crippen LogP contribution is -2.28. The van der Waals surface area contributed by atoms with Gasteiger partial charge in [0, 0.05) is 18.5 Å². The Morgan fingerprint density at radius 1 is 1.11 bits per heavy atom. The van der Waals surface area contributed by atoms with Crippen molar-refractivity contribution in [3.63, 3.8) is 0 Å². The fraction of sp³-hybridized carbons (Fsp3) is 0.625. The van der Waals surface area contributed by atoms with Gasteiger partial charge in [0.15, 0.2) is 0 Å². The van der Waals surface area contributed by atoms with Crippen molar-refractivity contribution in [1.29, 1.82) is 0 Å². The predicted octanol–water partition coefficient (Wildman–Crippen LogP) is 4.44. The van der Waals surface area contributed by atoms with E-state index in [1.807, 2.05) is 0 Å². The molecule has 0 aliphatic heterocycles. The van der Waals surface area contributed by atoms with Crippen LogP contribution in [0.3, 0.4) is 0 Å². The average Bonchev–Trinajstić information content (AvgIpc) is 2.35. The van der Waals surface area contributed by atoms with Crippen molar-refractivity contribution in [3.05, 3.63) is 34.9 Å². The summed E-state index contributed by atoms with van der Waals surface area (Å²) in [7, 11) is 0. The second-order valence-corrected chi connectivity index (χ2v) is 5.70. The molecular formula is C16H26ClN. The third kappa shape index (κ3) is 4.62. The number of alkyl halides is 1. The molecule has 0 aromatic heterocycles. The van der Waals surface area contributed by atoms with Crippen LogP contribution in [-0.2, 0) is 6.54 Å². The van der Waals surface area contributed by atoms with Crippen LogP contribution in [0.15, 0.2) is 18.2 Å². The third-order valence-electron chi connectivity index (χ3n) is 3.80. The van der Waals surface area contributed by atoms with Crippen molar-refractivity contribution < 1.29 is 0 Å². The quantitative estimate of drug-likeness (QED) is 0.721. The van der Waals surface area contributed by atoms with Crippen LogP contribution >= 0.6 is 11.6 Å². The molecule has 1 N–H and O–H groups in total. The first-order chi connectivity index (χ1) is 8.58. The molecule has 0 fully saturated rings. The summed E-state index contributed by atoms with van der Waals surface area (Å²) in [5.41, 5.74) is 4.05. The summed E-state index contributed by atoms with van der Waals surface area (Å²) in [6.45, 7) is 10.5. The largest absolute Gasteiger partial charge is 0.311 e. The lowest BCUT2D eigenvalue weighted by Gasteiger charge is -2.19. The summed E-state index contributed by atoms with van der Waals surface area (Å²) in [5, 5.41) is 3.71. The number of hydrogen-bond donors (Lipinski definition) is 1. The normalized spacial score (nSPS) is 13.0. The molecule has 0 spiro atoms. The van der Waals surface area contributed by atoms with Gasteiger partial charge in [-0.1, -0.05) is 44.9 Å². The summed E-state index contributed by atoms with van der Waals surface area (Å²) < 4.78 is 0.